The van der Waals surface area contributed by atoms with E-state index in [1.54, 1.807) is 0 Å². The number of rotatable bonds is 3. The number of nitrogens with zero attached hydrogens (tertiary/aromatic N) is 1. The zero-order valence-electron chi connectivity index (χ0n) is 6.95. The first-order valence-electron chi connectivity index (χ1n) is 4.01. The molecule has 66 valence electrons. The monoisotopic (exact) mass is 175 g/mol. The maximum atomic E-state index is 10.0. The molecule has 0 aliphatic carbocycles. The van der Waals surface area contributed by atoms with Gasteiger partial charge in [-0.25, -0.2) is 4.98 Å². The summed E-state index contributed by atoms with van der Waals surface area (Å²) in [7, 11) is 0. The Kier molecular flexibility index (Phi) is 1.96. The number of imidazole rings is 1. The lowest BCUT2D eigenvalue weighted by Crippen LogP contribution is -2.10. The van der Waals surface area contributed by atoms with Crippen LogP contribution in [0.25, 0.3) is 11.0 Å². The van der Waals surface area contributed by atoms with Crippen LogP contribution in [-0.4, -0.2) is 16.4 Å². The van der Waals surface area contributed by atoms with Crippen LogP contribution < -0.4 is 5.32 Å². The number of nitrogens with one attached hydrogen (secondary N) is 2. The van der Waals surface area contributed by atoms with Gasteiger partial charge in [0.1, 0.15) is 5.82 Å². The standard InChI is InChI=1S/C9H9N3O/c13-6-10-5-9-11-7-3-1-2-4-8(7)12-9/h1-4,6H,5H2,(H,10,13)(H,11,12). The number of carbonyl (C=O) groups is 1. The molecule has 0 aliphatic heterocycles. The van der Waals surface area contributed by atoms with Crippen molar-refractivity contribution in [3.8, 4) is 0 Å². The third-order valence-corrected chi connectivity index (χ3v) is 1.79. The molecule has 1 aromatic carbocycles. The molecule has 2 rings (SSSR count). The SMILES string of the molecule is O=CNCc1nc2ccccc2[nH]1. The van der Waals surface area contributed by atoms with Crippen molar-refractivity contribution in [1.29, 1.82) is 0 Å². The molecule has 0 saturated carbocycles. The molecule has 0 bridgehead atoms. The first-order valence-corrected chi connectivity index (χ1v) is 4.01. The van der Waals surface area contributed by atoms with Crippen LogP contribution in [0.2, 0.25) is 0 Å². The van der Waals surface area contributed by atoms with E-state index in [0.29, 0.717) is 13.0 Å². The summed E-state index contributed by atoms with van der Waals surface area (Å²) in [6, 6.07) is 7.75. The Balaban J connectivity index is 2.32. The third-order valence-electron chi connectivity index (χ3n) is 1.79. The molecular weight excluding hydrogens is 166 g/mol. The van der Waals surface area contributed by atoms with E-state index in [9.17, 15) is 4.79 Å². The number of fused-ring (bicyclic) bond motifs is 1. The Morgan fingerprint density at radius 2 is 2.31 bits per heavy atom. The zero-order chi connectivity index (χ0) is 9.10. The second kappa shape index (κ2) is 3.26. The highest BCUT2D eigenvalue weighted by atomic mass is 16.1. The number of hydrogen-bond acceptors (Lipinski definition) is 2. The molecule has 2 aromatic rings. The van der Waals surface area contributed by atoms with Gasteiger partial charge >= 0.3 is 0 Å². The van der Waals surface area contributed by atoms with Crippen molar-refractivity contribution in [2.24, 2.45) is 0 Å². The second-order valence-electron chi connectivity index (χ2n) is 2.70. The summed E-state index contributed by atoms with van der Waals surface area (Å²) >= 11 is 0. The Morgan fingerprint density at radius 1 is 1.46 bits per heavy atom. The van der Waals surface area contributed by atoms with Gasteiger partial charge < -0.3 is 10.3 Å². The number of amides is 1. The van der Waals surface area contributed by atoms with Gasteiger partial charge in [-0.2, -0.15) is 0 Å². The minimum atomic E-state index is 0.443. The first-order chi connectivity index (χ1) is 6.40. The number of carbonyl (C=O) groups excluding carboxylic acids is 1. The topological polar surface area (TPSA) is 57.8 Å². The summed E-state index contributed by atoms with van der Waals surface area (Å²) in [5.74, 6) is 0.772. The molecule has 0 fully saturated rings. The maximum absolute atomic E-state index is 10.0. The van der Waals surface area contributed by atoms with Crippen molar-refractivity contribution in [2.75, 3.05) is 0 Å². The predicted octanol–water partition coefficient (Wildman–Crippen LogP) is 0.809. The van der Waals surface area contributed by atoms with Gasteiger partial charge in [-0.3, -0.25) is 4.79 Å². The summed E-state index contributed by atoms with van der Waals surface area (Å²) in [6.07, 6.45) is 0.660. The fourth-order valence-corrected chi connectivity index (χ4v) is 1.23. The lowest BCUT2D eigenvalue weighted by Gasteiger charge is -1.90. The molecule has 1 heterocycles. The van der Waals surface area contributed by atoms with Crippen LogP contribution in [0.5, 0.6) is 0 Å². The Morgan fingerprint density at radius 3 is 3.08 bits per heavy atom. The fourth-order valence-electron chi connectivity index (χ4n) is 1.23. The van der Waals surface area contributed by atoms with E-state index < -0.39 is 0 Å². The number of para-hydroxylation sites is 2. The van der Waals surface area contributed by atoms with Crippen molar-refractivity contribution in [2.45, 2.75) is 6.54 Å². The lowest BCUT2D eigenvalue weighted by atomic mass is 10.3. The van der Waals surface area contributed by atoms with Gasteiger partial charge in [0.2, 0.25) is 6.41 Å². The quantitative estimate of drug-likeness (QED) is 0.678. The second-order valence-corrected chi connectivity index (χ2v) is 2.70. The van der Waals surface area contributed by atoms with Gasteiger partial charge in [-0.05, 0) is 12.1 Å². The van der Waals surface area contributed by atoms with Crippen LogP contribution in [0.4, 0.5) is 0 Å². The predicted molar refractivity (Wildman–Crippen MR) is 49.0 cm³/mol. The molecule has 0 atom stereocenters. The van der Waals surface area contributed by atoms with Crippen molar-refractivity contribution in [3.63, 3.8) is 0 Å². The number of H-pyrrole nitrogens is 1. The van der Waals surface area contributed by atoms with Gasteiger partial charge in [0.15, 0.2) is 0 Å². The van der Waals surface area contributed by atoms with E-state index >= 15 is 0 Å². The third kappa shape index (κ3) is 1.51. The highest BCUT2D eigenvalue weighted by Gasteiger charge is 1.99. The van der Waals surface area contributed by atoms with Crippen LogP contribution >= 0.6 is 0 Å². The number of hydrogen-bond donors (Lipinski definition) is 2. The molecular formula is C9H9N3O. The normalized spacial score (nSPS) is 10.2. The largest absolute Gasteiger partial charge is 0.351 e. The summed E-state index contributed by atoms with van der Waals surface area (Å²) < 4.78 is 0. The van der Waals surface area contributed by atoms with Crippen molar-refractivity contribution in [1.82, 2.24) is 15.3 Å². The summed E-state index contributed by atoms with van der Waals surface area (Å²) in [6.45, 7) is 0.443. The molecule has 1 aromatic heterocycles. The minimum absolute atomic E-state index is 0.443. The average Bonchev–Trinajstić information content (AvgIpc) is 2.57. The van der Waals surface area contributed by atoms with Crippen LogP contribution in [0.1, 0.15) is 5.82 Å². The first kappa shape index (κ1) is 7.79. The Bertz CT molecular complexity index is 388. The summed E-state index contributed by atoms with van der Waals surface area (Å²) in [5.41, 5.74) is 1.91. The molecule has 1 amide bonds. The van der Waals surface area contributed by atoms with Crippen LogP contribution in [-0.2, 0) is 11.3 Å². The van der Waals surface area contributed by atoms with Gasteiger partial charge in [0.25, 0.3) is 0 Å². The number of aromatic nitrogens is 2. The molecule has 0 saturated heterocycles. The van der Waals surface area contributed by atoms with Gasteiger partial charge in [-0.15, -0.1) is 0 Å². The van der Waals surface area contributed by atoms with E-state index in [1.807, 2.05) is 24.3 Å². The van der Waals surface area contributed by atoms with Crippen LogP contribution in [0, 0.1) is 0 Å². The van der Waals surface area contributed by atoms with E-state index in [1.165, 1.54) is 0 Å². The van der Waals surface area contributed by atoms with E-state index in [4.69, 9.17) is 0 Å². The molecule has 13 heavy (non-hydrogen) atoms. The fraction of sp³-hybridized carbons (Fsp3) is 0.111. The van der Waals surface area contributed by atoms with Crippen LogP contribution in [0.15, 0.2) is 24.3 Å². The highest BCUT2D eigenvalue weighted by Crippen LogP contribution is 2.09. The summed E-state index contributed by atoms with van der Waals surface area (Å²) in [4.78, 5) is 17.4. The maximum Gasteiger partial charge on any atom is 0.207 e. The highest BCUT2D eigenvalue weighted by molar-refractivity contribution is 5.74. The van der Waals surface area contributed by atoms with Crippen molar-refractivity contribution >= 4 is 17.4 Å². The minimum Gasteiger partial charge on any atom is -0.351 e. The Hall–Kier alpha value is -1.84. The Labute approximate surface area is 75.0 Å². The number of aromatic amines is 1. The van der Waals surface area contributed by atoms with E-state index in [2.05, 4.69) is 15.3 Å². The molecule has 0 spiro atoms. The van der Waals surface area contributed by atoms with Gasteiger partial charge in [-0.1, -0.05) is 12.1 Å². The van der Waals surface area contributed by atoms with Gasteiger partial charge in [0.05, 0.1) is 17.6 Å². The average molecular weight is 175 g/mol. The smallest absolute Gasteiger partial charge is 0.207 e. The van der Waals surface area contributed by atoms with Crippen LogP contribution in [0.3, 0.4) is 0 Å². The summed E-state index contributed by atoms with van der Waals surface area (Å²) in [5, 5.41) is 2.55. The van der Waals surface area contributed by atoms with E-state index in [-0.39, 0.29) is 0 Å². The van der Waals surface area contributed by atoms with Gasteiger partial charge in [0, 0.05) is 0 Å². The molecule has 2 N–H and O–H groups in total. The zero-order valence-corrected chi connectivity index (χ0v) is 6.95. The van der Waals surface area contributed by atoms with Crippen molar-refractivity contribution < 1.29 is 4.79 Å². The molecule has 4 heteroatoms. The van der Waals surface area contributed by atoms with Crippen molar-refractivity contribution in [3.05, 3.63) is 30.1 Å². The molecule has 0 aliphatic rings. The molecule has 4 nitrogen and oxygen atoms in total. The lowest BCUT2D eigenvalue weighted by molar-refractivity contribution is -0.109. The molecule has 0 unspecified atom stereocenters. The molecule has 0 radical (unpaired) electrons. The number of benzene rings is 1. The van der Waals surface area contributed by atoms with E-state index in [0.717, 1.165) is 16.9 Å².